The number of ether oxygens (including phenoxy) is 1. The zero-order valence-electron chi connectivity index (χ0n) is 11.3. The van der Waals surface area contributed by atoms with Crippen LogP contribution < -0.4 is 10.1 Å². The number of benzene rings is 1. The Morgan fingerprint density at radius 3 is 2.85 bits per heavy atom. The molecule has 1 heterocycles. The van der Waals surface area contributed by atoms with Gasteiger partial charge in [0.1, 0.15) is 0 Å². The molecule has 0 radical (unpaired) electrons. The fraction of sp³-hybridized carbons (Fsp3) is 0.200. The van der Waals surface area contributed by atoms with Crippen molar-refractivity contribution in [2.24, 2.45) is 0 Å². The smallest absolute Gasteiger partial charge is 0.252 e. The summed E-state index contributed by atoms with van der Waals surface area (Å²) in [4.78, 5) is 16.1. The lowest BCUT2D eigenvalue weighted by Crippen LogP contribution is -2.23. The van der Waals surface area contributed by atoms with Gasteiger partial charge in [-0.1, -0.05) is 6.07 Å². The molecule has 1 N–H and O–H groups in total. The Hall–Kier alpha value is -1.88. The fourth-order valence-electron chi connectivity index (χ4n) is 1.75. The fourth-order valence-corrected chi connectivity index (χ4v) is 2.43. The first-order valence-corrected chi connectivity index (χ1v) is 6.92. The number of nitrogens with zero attached hydrogens (tertiary/aromatic N) is 1. The lowest BCUT2D eigenvalue weighted by atomic mass is 10.1. The van der Waals surface area contributed by atoms with Gasteiger partial charge in [-0.2, -0.15) is 0 Å². The second-order valence-electron chi connectivity index (χ2n) is 4.37. The first-order chi connectivity index (χ1) is 9.60. The minimum absolute atomic E-state index is 0.118. The van der Waals surface area contributed by atoms with Crippen molar-refractivity contribution in [1.82, 2.24) is 10.3 Å². The van der Waals surface area contributed by atoms with Gasteiger partial charge >= 0.3 is 0 Å². The molecule has 0 aliphatic rings. The van der Waals surface area contributed by atoms with Gasteiger partial charge in [0.15, 0.2) is 0 Å². The summed E-state index contributed by atoms with van der Waals surface area (Å²) in [5.74, 6) is 0.418. The van der Waals surface area contributed by atoms with Crippen molar-refractivity contribution >= 4 is 21.8 Å². The van der Waals surface area contributed by atoms with Crippen LogP contribution in [0.1, 0.15) is 21.5 Å². The van der Waals surface area contributed by atoms with E-state index in [-0.39, 0.29) is 5.91 Å². The summed E-state index contributed by atoms with van der Waals surface area (Å²) in [6.45, 7) is 2.41. The van der Waals surface area contributed by atoms with Gasteiger partial charge in [0, 0.05) is 23.3 Å². The van der Waals surface area contributed by atoms with Crippen LogP contribution >= 0.6 is 15.9 Å². The van der Waals surface area contributed by atoms with Gasteiger partial charge in [-0.15, -0.1) is 0 Å². The van der Waals surface area contributed by atoms with Crippen LogP contribution in [0.4, 0.5) is 0 Å². The number of halogens is 1. The number of nitrogens with one attached hydrogen (secondary N) is 1. The van der Waals surface area contributed by atoms with Gasteiger partial charge in [-0.05, 0) is 52.2 Å². The van der Waals surface area contributed by atoms with E-state index in [0.29, 0.717) is 18.0 Å². The summed E-state index contributed by atoms with van der Waals surface area (Å²) in [6.07, 6.45) is 1.65. The molecule has 0 aliphatic heterocycles. The van der Waals surface area contributed by atoms with Gasteiger partial charge in [-0.3, -0.25) is 4.79 Å². The van der Waals surface area contributed by atoms with E-state index in [1.165, 1.54) is 0 Å². The van der Waals surface area contributed by atoms with Crippen LogP contribution in [0.2, 0.25) is 0 Å². The Balaban J connectivity index is 2.04. The molecule has 1 aromatic carbocycles. The highest BCUT2D eigenvalue weighted by molar-refractivity contribution is 9.10. The standard InChI is InChI=1S/C15H15BrN2O2/c1-10-3-4-12(13(16)7-10)15(19)18-9-11-5-6-17-14(8-11)20-2/h3-8H,9H2,1-2H3,(H,18,19). The first-order valence-electron chi connectivity index (χ1n) is 6.13. The number of carbonyl (C=O) groups excluding carboxylic acids is 1. The van der Waals surface area contributed by atoms with Gasteiger partial charge in [0.05, 0.1) is 12.7 Å². The minimum atomic E-state index is -0.118. The monoisotopic (exact) mass is 334 g/mol. The summed E-state index contributed by atoms with van der Waals surface area (Å²) in [6, 6.07) is 9.28. The maximum absolute atomic E-state index is 12.1. The molecule has 1 amide bonds. The molecule has 4 nitrogen and oxygen atoms in total. The zero-order chi connectivity index (χ0) is 14.5. The summed E-state index contributed by atoms with van der Waals surface area (Å²) >= 11 is 3.41. The Kier molecular flexibility index (Phi) is 4.74. The van der Waals surface area contributed by atoms with E-state index in [0.717, 1.165) is 15.6 Å². The second-order valence-corrected chi connectivity index (χ2v) is 5.23. The van der Waals surface area contributed by atoms with Crippen LogP contribution in [0.5, 0.6) is 5.88 Å². The van der Waals surface area contributed by atoms with Crippen molar-refractivity contribution in [3.8, 4) is 5.88 Å². The van der Waals surface area contributed by atoms with Gasteiger partial charge in [0.2, 0.25) is 5.88 Å². The normalized spacial score (nSPS) is 10.2. The summed E-state index contributed by atoms with van der Waals surface area (Å²) in [5.41, 5.74) is 2.66. The van der Waals surface area contributed by atoms with Crippen LogP contribution in [-0.4, -0.2) is 18.0 Å². The maximum Gasteiger partial charge on any atom is 0.252 e. The quantitative estimate of drug-likeness (QED) is 0.934. The van der Waals surface area contributed by atoms with Crippen molar-refractivity contribution in [2.45, 2.75) is 13.5 Å². The van der Waals surface area contributed by atoms with E-state index in [1.807, 2.05) is 31.2 Å². The summed E-state index contributed by atoms with van der Waals surface area (Å²) in [7, 11) is 1.56. The van der Waals surface area contributed by atoms with Crippen LogP contribution in [0.3, 0.4) is 0 Å². The minimum Gasteiger partial charge on any atom is -0.481 e. The molecule has 104 valence electrons. The lowest BCUT2D eigenvalue weighted by Gasteiger charge is -2.08. The molecule has 2 aromatic rings. The van der Waals surface area contributed by atoms with E-state index in [2.05, 4.69) is 26.2 Å². The molecule has 20 heavy (non-hydrogen) atoms. The number of hydrogen-bond donors (Lipinski definition) is 1. The third-order valence-corrected chi connectivity index (χ3v) is 3.49. The van der Waals surface area contributed by atoms with Gasteiger partial charge in [-0.25, -0.2) is 4.98 Å². The average molecular weight is 335 g/mol. The van der Waals surface area contributed by atoms with Gasteiger partial charge in [0.25, 0.3) is 5.91 Å². The molecule has 0 aliphatic carbocycles. The SMILES string of the molecule is COc1cc(CNC(=O)c2ccc(C)cc2Br)ccn1. The highest BCUT2D eigenvalue weighted by Crippen LogP contribution is 2.18. The van der Waals surface area contributed by atoms with E-state index < -0.39 is 0 Å². The lowest BCUT2D eigenvalue weighted by molar-refractivity contribution is 0.0950. The Bertz CT molecular complexity index is 629. The molecule has 0 saturated heterocycles. The number of pyridine rings is 1. The molecular formula is C15H15BrN2O2. The number of methoxy groups -OCH3 is 1. The molecule has 0 saturated carbocycles. The third kappa shape index (κ3) is 3.57. The Morgan fingerprint density at radius 2 is 2.15 bits per heavy atom. The highest BCUT2D eigenvalue weighted by atomic mass is 79.9. The van der Waals surface area contributed by atoms with E-state index in [9.17, 15) is 4.79 Å². The number of rotatable bonds is 4. The van der Waals surface area contributed by atoms with Crippen molar-refractivity contribution in [3.05, 3.63) is 57.7 Å². The molecule has 0 spiro atoms. The van der Waals surface area contributed by atoms with E-state index >= 15 is 0 Å². The Labute approximate surface area is 126 Å². The topological polar surface area (TPSA) is 51.2 Å². The van der Waals surface area contributed by atoms with Crippen molar-refractivity contribution in [3.63, 3.8) is 0 Å². The number of amides is 1. The third-order valence-electron chi connectivity index (χ3n) is 2.83. The molecular weight excluding hydrogens is 320 g/mol. The summed E-state index contributed by atoms with van der Waals surface area (Å²) in [5, 5.41) is 2.87. The van der Waals surface area contributed by atoms with E-state index in [1.54, 1.807) is 19.4 Å². The second kappa shape index (κ2) is 6.52. The molecule has 0 atom stereocenters. The largest absolute Gasteiger partial charge is 0.481 e. The molecule has 0 bridgehead atoms. The van der Waals surface area contributed by atoms with Crippen LogP contribution in [0.25, 0.3) is 0 Å². The maximum atomic E-state index is 12.1. The highest BCUT2D eigenvalue weighted by Gasteiger charge is 2.09. The van der Waals surface area contributed by atoms with Crippen LogP contribution in [0, 0.1) is 6.92 Å². The van der Waals surface area contributed by atoms with E-state index in [4.69, 9.17) is 4.74 Å². The number of carbonyl (C=O) groups is 1. The van der Waals surface area contributed by atoms with Crippen molar-refractivity contribution < 1.29 is 9.53 Å². The molecule has 2 rings (SSSR count). The average Bonchev–Trinajstić information content (AvgIpc) is 2.45. The summed E-state index contributed by atoms with van der Waals surface area (Å²) < 4.78 is 5.84. The zero-order valence-corrected chi connectivity index (χ0v) is 12.9. The van der Waals surface area contributed by atoms with Crippen molar-refractivity contribution in [2.75, 3.05) is 7.11 Å². The van der Waals surface area contributed by atoms with Crippen LogP contribution in [0.15, 0.2) is 41.0 Å². The Morgan fingerprint density at radius 1 is 1.35 bits per heavy atom. The molecule has 1 aromatic heterocycles. The number of aromatic nitrogens is 1. The number of aryl methyl sites for hydroxylation is 1. The van der Waals surface area contributed by atoms with Crippen LogP contribution in [-0.2, 0) is 6.54 Å². The van der Waals surface area contributed by atoms with Gasteiger partial charge < -0.3 is 10.1 Å². The predicted octanol–water partition coefficient (Wildman–Crippen LogP) is 3.09. The molecule has 0 unspecified atom stereocenters. The predicted molar refractivity (Wildman–Crippen MR) is 80.8 cm³/mol. The first kappa shape index (κ1) is 14.5. The molecule has 5 heteroatoms. The molecule has 0 fully saturated rings. The van der Waals surface area contributed by atoms with Crippen molar-refractivity contribution in [1.29, 1.82) is 0 Å². The number of hydrogen-bond acceptors (Lipinski definition) is 3.